The fraction of sp³-hybridized carbons (Fsp3) is 0.900. The third kappa shape index (κ3) is 3.71. The second-order valence-electron chi connectivity index (χ2n) is 3.53. The number of hydrogen-bond acceptors (Lipinski definition) is 3. The van der Waals surface area contributed by atoms with Crippen LogP contribution in [0.25, 0.3) is 0 Å². The molecule has 0 aliphatic heterocycles. The summed E-state index contributed by atoms with van der Waals surface area (Å²) in [5, 5.41) is 0. The van der Waals surface area contributed by atoms with Gasteiger partial charge in [0.05, 0.1) is 12.6 Å². The first-order chi connectivity index (χ1) is 6.36. The fourth-order valence-electron chi connectivity index (χ4n) is 1.88. The second kappa shape index (κ2) is 5.90. The zero-order valence-corrected chi connectivity index (χ0v) is 8.16. The van der Waals surface area contributed by atoms with Gasteiger partial charge in [0.15, 0.2) is 0 Å². The molecule has 0 unspecified atom stereocenters. The van der Waals surface area contributed by atoms with Gasteiger partial charge in [-0.3, -0.25) is 0 Å². The number of carbonyl (C=O) groups excluding carboxylic acids is 1. The Labute approximate surface area is 79.2 Å². The third-order valence-corrected chi connectivity index (χ3v) is 2.61. The molecule has 0 bridgehead atoms. The molecular formula is C10H17NO2. The Balaban J connectivity index is 2.18. The summed E-state index contributed by atoms with van der Waals surface area (Å²) in [7, 11) is 0. The van der Waals surface area contributed by atoms with Gasteiger partial charge in [-0.25, -0.2) is 9.79 Å². The Kier molecular flexibility index (Phi) is 4.73. The van der Waals surface area contributed by atoms with Crippen LogP contribution >= 0.6 is 0 Å². The molecule has 0 amide bonds. The summed E-state index contributed by atoms with van der Waals surface area (Å²) in [5.74, 6) is 0.582. The highest BCUT2D eigenvalue weighted by molar-refractivity contribution is 5.32. The Bertz CT molecular complexity index is 179. The maximum Gasteiger partial charge on any atom is 0.234 e. The van der Waals surface area contributed by atoms with Crippen molar-refractivity contribution in [2.24, 2.45) is 10.9 Å². The summed E-state index contributed by atoms with van der Waals surface area (Å²) in [5.41, 5.74) is 0. The summed E-state index contributed by atoms with van der Waals surface area (Å²) in [6.07, 6.45) is 6.55. The molecule has 3 nitrogen and oxygen atoms in total. The van der Waals surface area contributed by atoms with Crippen molar-refractivity contribution < 1.29 is 9.53 Å². The van der Waals surface area contributed by atoms with Gasteiger partial charge in [-0.15, -0.1) is 0 Å². The lowest BCUT2D eigenvalue weighted by atomic mass is 9.87. The monoisotopic (exact) mass is 183 g/mol. The van der Waals surface area contributed by atoms with Crippen molar-refractivity contribution in [2.75, 3.05) is 13.2 Å². The second-order valence-corrected chi connectivity index (χ2v) is 3.53. The van der Waals surface area contributed by atoms with E-state index < -0.39 is 0 Å². The summed E-state index contributed by atoms with van der Waals surface area (Å²) in [4.78, 5) is 13.5. The van der Waals surface area contributed by atoms with E-state index in [9.17, 15) is 4.79 Å². The van der Waals surface area contributed by atoms with E-state index in [1.807, 2.05) is 6.92 Å². The lowest BCUT2D eigenvalue weighted by molar-refractivity contribution is 0.0267. The van der Waals surface area contributed by atoms with E-state index in [1.54, 1.807) is 6.08 Å². The molecule has 0 saturated heterocycles. The zero-order valence-electron chi connectivity index (χ0n) is 8.16. The van der Waals surface area contributed by atoms with Crippen LogP contribution in [0.5, 0.6) is 0 Å². The predicted octanol–water partition coefficient (Wildman–Crippen LogP) is 1.92. The molecule has 0 spiro atoms. The average molecular weight is 183 g/mol. The van der Waals surface area contributed by atoms with Gasteiger partial charge in [0, 0.05) is 6.61 Å². The number of ether oxygens (including phenoxy) is 1. The van der Waals surface area contributed by atoms with Gasteiger partial charge >= 0.3 is 0 Å². The van der Waals surface area contributed by atoms with Gasteiger partial charge in [-0.1, -0.05) is 0 Å². The molecule has 1 aliphatic carbocycles. The number of rotatable bonds is 4. The van der Waals surface area contributed by atoms with Gasteiger partial charge in [0.1, 0.15) is 0 Å². The number of hydrogen-bond donors (Lipinski definition) is 0. The Morgan fingerprint density at radius 2 is 2.08 bits per heavy atom. The van der Waals surface area contributed by atoms with Crippen molar-refractivity contribution in [3.8, 4) is 0 Å². The smallest absolute Gasteiger partial charge is 0.234 e. The van der Waals surface area contributed by atoms with Crippen LogP contribution in [0.15, 0.2) is 4.99 Å². The van der Waals surface area contributed by atoms with Crippen molar-refractivity contribution >= 4 is 6.08 Å². The normalized spacial score (nSPS) is 28.1. The van der Waals surface area contributed by atoms with E-state index in [4.69, 9.17) is 4.74 Å². The zero-order chi connectivity index (χ0) is 9.52. The van der Waals surface area contributed by atoms with Crippen molar-refractivity contribution in [1.29, 1.82) is 0 Å². The molecule has 0 aromatic rings. The predicted molar refractivity (Wildman–Crippen MR) is 50.4 cm³/mol. The number of nitrogens with zero attached hydrogens (tertiary/aromatic N) is 1. The molecule has 0 N–H and O–H groups in total. The quantitative estimate of drug-likeness (QED) is 0.493. The summed E-state index contributed by atoms with van der Waals surface area (Å²) >= 11 is 0. The molecule has 1 saturated carbocycles. The highest BCUT2D eigenvalue weighted by Gasteiger charge is 2.20. The molecular weight excluding hydrogens is 166 g/mol. The number of isocyanates is 1. The van der Waals surface area contributed by atoms with Crippen LogP contribution < -0.4 is 0 Å². The average Bonchev–Trinajstić information content (AvgIpc) is 2.17. The molecule has 13 heavy (non-hydrogen) atoms. The summed E-state index contributed by atoms with van der Waals surface area (Å²) < 4.78 is 5.53. The van der Waals surface area contributed by atoms with Crippen molar-refractivity contribution in [2.45, 2.75) is 38.7 Å². The van der Waals surface area contributed by atoms with Crippen LogP contribution in [0, 0.1) is 5.92 Å². The lowest BCUT2D eigenvalue weighted by Gasteiger charge is -2.26. The molecule has 0 radical (unpaired) electrons. The number of aliphatic imine (C=N–C) groups is 1. The Morgan fingerprint density at radius 1 is 1.38 bits per heavy atom. The van der Waals surface area contributed by atoms with Gasteiger partial charge in [0.2, 0.25) is 6.08 Å². The standard InChI is InChI=1S/C10H17NO2/c1-2-13-10-5-3-9(4-6-10)7-11-8-12/h9-10H,2-7H2,1H3. The Hall–Kier alpha value is -0.660. The maximum atomic E-state index is 9.90. The highest BCUT2D eigenvalue weighted by atomic mass is 16.5. The van der Waals surface area contributed by atoms with Crippen LogP contribution in [0.1, 0.15) is 32.6 Å². The van der Waals surface area contributed by atoms with Gasteiger partial charge in [0.25, 0.3) is 0 Å². The molecule has 1 aliphatic rings. The first-order valence-corrected chi connectivity index (χ1v) is 5.02. The highest BCUT2D eigenvalue weighted by Crippen LogP contribution is 2.26. The largest absolute Gasteiger partial charge is 0.379 e. The summed E-state index contributed by atoms with van der Waals surface area (Å²) in [6.45, 7) is 3.49. The van der Waals surface area contributed by atoms with Crippen LogP contribution in [-0.2, 0) is 9.53 Å². The first-order valence-electron chi connectivity index (χ1n) is 5.02. The SMILES string of the molecule is CCOC1CCC(CN=C=O)CC1. The maximum absolute atomic E-state index is 9.90. The minimum atomic E-state index is 0.446. The van der Waals surface area contributed by atoms with E-state index in [0.29, 0.717) is 18.6 Å². The molecule has 0 heterocycles. The Morgan fingerprint density at radius 3 is 2.62 bits per heavy atom. The van der Waals surface area contributed by atoms with E-state index in [1.165, 1.54) is 0 Å². The van der Waals surface area contributed by atoms with E-state index in [2.05, 4.69) is 4.99 Å². The van der Waals surface area contributed by atoms with Crippen molar-refractivity contribution in [3.63, 3.8) is 0 Å². The molecule has 0 aromatic heterocycles. The first kappa shape index (κ1) is 10.4. The van der Waals surface area contributed by atoms with E-state index >= 15 is 0 Å². The molecule has 3 heteroatoms. The van der Waals surface area contributed by atoms with Gasteiger partial charge < -0.3 is 4.74 Å². The van der Waals surface area contributed by atoms with Gasteiger partial charge in [-0.2, -0.15) is 0 Å². The molecule has 1 fully saturated rings. The van der Waals surface area contributed by atoms with Crippen LogP contribution in [-0.4, -0.2) is 25.3 Å². The van der Waals surface area contributed by atoms with Crippen molar-refractivity contribution in [1.82, 2.24) is 0 Å². The molecule has 74 valence electrons. The fourth-order valence-corrected chi connectivity index (χ4v) is 1.88. The van der Waals surface area contributed by atoms with Gasteiger partial charge in [-0.05, 0) is 38.5 Å². The lowest BCUT2D eigenvalue weighted by Crippen LogP contribution is -2.22. The van der Waals surface area contributed by atoms with Crippen LogP contribution in [0.3, 0.4) is 0 Å². The minimum absolute atomic E-state index is 0.446. The van der Waals surface area contributed by atoms with E-state index in [0.717, 1.165) is 32.3 Å². The molecule has 0 aromatic carbocycles. The van der Waals surface area contributed by atoms with Crippen LogP contribution in [0.2, 0.25) is 0 Å². The topological polar surface area (TPSA) is 38.7 Å². The minimum Gasteiger partial charge on any atom is -0.379 e. The summed E-state index contributed by atoms with van der Waals surface area (Å²) in [6, 6.07) is 0. The van der Waals surface area contributed by atoms with E-state index in [-0.39, 0.29) is 0 Å². The molecule has 0 atom stereocenters. The third-order valence-electron chi connectivity index (χ3n) is 2.61. The van der Waals surface area contributed by atoms with Crippen molar-refractivity contribution in [3.05, 3.63) is 0 Å². The molecule has 1 rings (SSSR count). The van der Waals surface area contributed by atoms with Crippen LogP contribution in [0.4, 0.5) is 0 Å².